The van der Waals surface area contributed by atoms with Gasteiger partial charge in [-0.3, -0.25) is 0 Å². The monoisotopic (exact) mass is 236 g/mol. The molecule has 2 rings (SSSR count). The first-order valence-electron chi connectivity index (χ1n) is 6.01. The first kappa shape index (κ1) is 12.2. The van der Waals surface area contributed by atoms with Crippen LogP contribution in [0.5, 0.6) is 11.5 Å². The molecule has 3 atom stereocenters. The van der Waals surface area contributed by atoms with Crippen molar-refractivity contribution in [3.8, 4) is 11.5 Å². The summed E-state index contributed by atoms with van der Waals surface area (Å²) in [6.07, 6.45) is 0.171. The normalized spacial score (nSPS) is 28.1. The van der Waals surface area contributed by atoms with Crippen LogP contribution in [0.4, 0.5) is 0 Å². The highest BCUT2D eigenvalue weighted by atomic mass is 16.5. The molecule has 0 radical (unpaired) electrons. The van der Waals surface area contributed by atoms with Crippen LogP contribution in [0.1, 0.15) is 25.5 Å². The smallest absolute Gasteiger partial charge is 0.161 e. The Balaban J connectivity index is 2.27. The zero-order valence-electron chi connectivity index (χ0n) is 10.9. The lowest BCUT2D eigenvalue weighted by molar-refractivity contribution is 0.0934. The molecule has 0 saturated carbocycles. The summed E-state index contributed by atoms with van der Waals surface area (Å²) in [6, 6.07) is 6.01. The van der Waals surface area contributed by atoms with E-state index in [2.05, 4.69) is 19.9 Å². The molecule has 1 aliphatic heterocycles. The maximum Gasteiger partial charge on any atom is 0.161 e. The van der Waals surface area contributed by atoms with Crippen molar-refractivity contribution in [3.05, 3.63) is 23.8 Å². The van der Waals surface area contributed by atoms with Crippen molar-refractivity contribution in [2.75, 3.05) is 20.8 Å². The van der Waals surface area contributed by atoms with Crippen LogP contribution in [0.2, 0.25) is 0 Å². The molecule has 1 fully saturated rings. The lowest BCUT2D eigenvalue weighted by atomic mass is 9.90. The molecule has 0 aliphatic carbocycles. The van der Waals surface area contributed by atoms with Crippen LogP contribution in [-0.2, 0) is 4.74 Å². The molecule has 94 valence electrons. The fourth-order valence-corrected chi connectivity index (χ4v) is 2.29. The van der Waals surface area contributed by atoms with Crippen LogP contribution in [-0.4, -0.2) is 20.8 Å². The molecule has 1 heterocycles. The van der Waals surface area contributed by atoms with E-state index in [4.69, 9.17) is 14.2 Å². The van der Waals surface area contributed by atoms with Gasteiger partial charge >= 0.3 is 0 Å². The maximum absolute atomic E-state index is 5.84. The minimum Gasteiger partial charge on any atom is -0.493 e. The summed E-state index contributed by atoms with van der Waals surface area (Å²) in [5.41, 5.74) is 1.17. The van der Waals surface area contributed by atoms with Crippen LogP contribution in [0.25, 0.3) is 0 Å². The Hall–Kier alpha value is -1.22. The Morgan fingerprint density at radius 2 is 1.82 bits per heavy atom. The largest absolute Gasteiger partial charge is 0.493 e. The third-order valence-electron chi connectivity index (χ3n) is 3.65. The minimum absolute atomic E-state index is 0.171. The van der Waals surface area contributed by atoms with Crippen LogP contribution in [0, 0.1) is 11.8 Å². The van der Waals surface area contributed by atoms with Crippen LogP contribution in [0.15, 0.2) is 18.2 Å². The summed E-state index contributed by atoms with van der Waals surface area (Å²) >= 11 is 0. The molecular weight excluding hydrogens is 216 g/mol. The molecule has 1 aromatic rings. The van der Waals surface area contributed by atoms with E-state index in [1.54, 1.807) is 14.2 Å². The van der Waals surface area contributed by atoms with E-state index in [0.717, 1.165) is 18.1 Å². The summed E-state index contributed by atoms with van der Waals surface area (Å²) in [6.45, 7) is 5.30. The van der Waals surface area contributed by atoms with Gasteiger partial charge in [0.1, 0.15) is 0 Å². The molecule has 3 heteroatoms. The number of hydrogen-bond acceptors (Lipinski definition) is 3. The van der Waals surface area contributed by atoms with E-state index in [0.29, 0.717) is 11.8 Å². The first-order chi connectivity index (χ1) is 8.17. The van der Waals surface area contributed by atoms with E-state index in [1.165, 1.54) is 5.56 Å². The van der Waals surface area contributed by atoms with Gasteiger partial charge < -0.3 is 14.2 Å². The molecule has 0 amide bonds. The van der Waals surface area contributed by atoms with Crippen molar-refractivity contribution in [2.45, 2.75) is 20.0 Å². The van der Waals surface area contributed by atoms with Crippen molar-refractivity contribution >= 4 is 0 Å². The van der Waals surface area contributed by atoms with Gasteiger partial charge in [-0.15, -0.1) is 0 Å². The van der Waals surface area contributed by atoms with Gasteiger partial charge in [0, 0.05) is 0 Å². The second-order valence-corrected chi connectivity index (χ2v) is 4.70. The standard InChI is InChI=1S/C14H20O3/c1-9-8-17-14(10(9)2)11-5-6-12(15-3)13(7-11)16-4/h5-7,9-10,14H,8H2,1-4H3/t9?,10?,14-/m1/s1. The molecule has 17 heavy (non-hydrogen) atoms. The Morgan fingerprint density at radius 3 is 2.35 bits per heavy atom. The molecule has 1 aliphatic rings. The van der Waals surface area contributed by atoms with E-state index in [9.17, 15) is 0 Å². The highest BCUT2D eigenvalue weighted by Crippen LogP contribution is 2.40. The van der Waals surface area contributed by atoms with Crippen LogP contribution < -0.4 is 9.47 Å². The number of benzene rings is 1. The Morgan fingerprint density at radius 1 is 1.12 bits per heavy atom. The van der Waals surface area contributed by atoms with Gasteiger partial charge in [-0.05, 0) is 29.5 Å². The second-order valence-electron chi connectivity index (χ2n) is 4.70. The lowest BCUT2D eigenvalue weighted by Crippen LogP contribution is -2.08. The zero-order valence-corrected chi connectivity index (χ0v) is 10.9. The zero-order chi connectivity index (χ0) is 12.4. The topological polar surface area (TPSA) is 27.7 Å². The van der Waals surface area contributed by atoms with Crippen molar-refractivity contribution in [1.82, 2.24) is 0 Å². The number of rotatable bonds is 3. The maximum atomic E-state index is 5.84. The van der Waals surface area contributed by atoms with Crippen molar-refractivity contribution in [2.24, 2.45) is 11.8 Å². The molecule has 0 spiro atoms. The molecule has 0 bridgehead atoms. The summed E-state index contributed by atoms with van der Waals surface area (Å²) in [4.78, 5) is 0. The first-order valence-corrected chi connectivity index (χ1v) is 6.01. The van der Waals surface area contributed by atoms with Gasteiger partial charge in [0.05, 0.1) is 26.9 Å². The van der Waals surface area contributed by atoms with Crippen molar-refractivity contribution < 1.29 is 14.2 Å². The summed E-state index contributed by atoms with van der Waals surface area (Å²) in [5, 5.41) is 0. The molecule has 2 unspecified atom stereocenters. The Kier molecular flexibility index (Phi) is 3.57. The predicted molar refractivity (Wildman–Crippen MR) is 66.6 cm³/mol. The van der Waals surface area contributed by atoms with Gasteiger partial charge in [0.15, 0.2) is 11.5 Å². The quantitative estimate of drug-likeness (QED) is 0.807. The van der Waals surface area contributed by atoms with E-state index >= 15 is 0 Å². The second kappa shape index (κ2) is 4.96. The highest BCUT2D eigenvalue weighted by Gasteiger charge is 2.32. The van der Waals surface area contributed by atoms with Gasteiger partial charge in [-0.1, -0.05) is 19.9 Å². The van der Waals surface area contributed by atoms with Crippen molar-refractivity contribution in [1.29, 1.82) is 0 Å². The highest BCUT2D eigenvalue weighted by molar-refractivity contribution is 5.43. The SMILES string of the molecule is COc1ccc([C@@H]2OCC(C)C2C)cc1OC. The van der Waals surface area contributed by atoms with Gasteiger partial charge in [-0.25, -0.2) is 0 Å². The van der Waals surface area contributed by atoms with Crippen molar-refractivity contribution in [3.63, 3.8) is 0 Å². The third-order valence-corrected chi connectivity index (χ3v) is 3.65. The molecule has 3 nitrogen and oxygen atoms in total. The van der Waals surface area contributed by atoms with Gasteiger partial charge in [0.25, 0.3) is 0 Å². The Labute approximate surface area is 103 Å². The molecule has 1 saturated heterocycles. The van der Waals surface area contributed by atoms with E-state index in [1.807, 2.05) is 12.1 Å². The molecule has 1 aromatic carbocycles. The summed E-state index contributed by atoms with van der Waals surface area (Å²) in [5.74, 6) is 2.66. The predicted octanol–water partition coefficient (Wildman–Crippen LogP) is 3.05. The number of hydrogen-bond donors (Lipinski definition) is 0. The van der Waals surface area contributed by atoms with Gasteiger partial charge in [-0.2, -0.15) is 0 Å². The van der Waals surface area contributed by atoms with Crippen LogP contribution in [0.3, 0.4) is 0 Å². The average Bonchev–Trinajstić information content (AvgIpc) is 2.69. The summed E-state index contributed by atoms with van der Waals surface area (Å²) < 4.78 is 16.4. The number of ether oxygens (including phenoxy) is 3. The number of methoxy groups -OCH3 is 2. The fraction of sp³-hybridized carbons (Fsp3) is 0.571. The van der Waals surface area contributed by atoms with Crippen LogP contribution >= 0.6 is 0 Å². The van der Waals surface area contributed by atoms with Gasteiger partial charge in [0.2, 0.25) is 0 Å². The van der Waals surface area contributed by atoms with E-state index < -0.39 is 0 Å². The molecular formula is C14H20O3. The third kappa shape index (κ3) is 2.25. The van der Waals surface area contributed by atoms with E-state index in [-0.39, 0.29) is 6.10 Å². The molecule has 0 aromatic heterocycles. The lowest BCUT2D eigenvalue weighted by Gasteiger charge is -2.18. The fourth-order valence-electron chi connectivity index (χ4n) is 2.29. The minimum atomic E-state index is 0.171. The summed E-state index contributed by atoms with van der Waals surface area (Å²) in [7, 11) is 3.30. The molecule has 0 N–H and O–H groups in total. The average molecular weight is 236 g/mol. The Bertz CT molecular complexity index is 389.